The molecule has 1 aromatic rings. The summed E-state index contributed by atoms with van der Waals surface area (Å²) < 4.78 is 20.3. The molecule has 0 heterocycles. The molecule has 0 fully saturated rings. The van der Waals surface area contributed by atoms with Crippen molar-refractivity contribution in [1.82, 2.24) is 5.32 Å². The largest absolute Gasteiger partial charge is 0.510 e. The van der Waals surface area contributed by atoms with Gasteiger partial charge < -0.3 is 24.1 Å². The summed E-state index contributed by atoms with van der Waals surface area (Å²) in [6.45, 7) is 7.22. The predicted molar refractivity (Wildman–Crippen MR) is 118 cm³/mol. The van der Waals surface area contributed by atoms with Crippen molar-refractivity contribution >= 4 is 24.1 Å². The molecule has 0 radical (unpaired) electrons. The van der Waals surface area contributed by atoms with E-state index in [1.54, 1.807) is 6.92 Å². The molecule has 0 aliphatic carbocycles. The van der Waals surface area contributed by atoms with Crippen LogP contribution in [0.4, 0.5) is 4.79 Å². The minimum atomic E-state index is -2.15. The molecule has 0 aliphatic rings. The van der Waals surface area contributed by atoms with Gasteiger partial charge in [-0.1, -0.05) is 26.8 Å². The number of carbonyl (C=O) groups is 4. The Bertz CT molecular complexity index is 839. The van der Waals surface area contributed by atoms with Gasteiger partial charge in [0.1, 0.15) is 0 Å². The zero-order valence-electron chi connectivity index (χ0n) is 19.8. The normalized spacial score (nSPS) is 13.4. The number of rotatable bonds is 13. The smallest absolute Gasteiger partial charge is 0.477 e. The van der Waals surface area contributed by atoms with E-state index in [9.17, 15) is 24.3 Å². The summed E-state index contributed by atoms with van der Waals surface area (Å²) in [7, 11) is 1.07. The second-order valence-electron chi connectivity index (χ2n) is 7.55. The van der Waals surface area contributed by atoms with Crippen LogP contribution in [-0.2, 0) is 30.3 Å². The number of carboxylic acids is 1. The number of hydrogen-bond acceptors (Lipinski definition) is 9. The van der Waals surface area contributed by atoms with Crippen LogP contribution in [0.15, 0.2) is 18.2 Å². The van der Waals surface area contributed by atoms with Crippen molar-refractivity contribution in [3.05, 3.63) is 23.8 Å². The maximum absolute atomic E-state index is 12.2. The zero-order chi connectivity index (χ0) is 25.0. The van der Waals surface area contributed by atoms with Crippen LogP contribution < -0.4 is 14.8 Å². The first-order valence-corrected chi connectivity index (χ1v) is 10.9. The molecule has 0 amide bonds. The molecule has 0 saturated heterocycles. The Morgan fingerprint density at radius 1 is 1.00 bits per heavy atom. The highest BCUT2D eigenvalue weighted by Crippen LogP contribution is 2.31. The van der Waals surface area contributed by atoms with Crippen LogP contribution in [0.3, 0.4) is 0 Å². The highest BCUT2D eigenvalue weighted by atomic mass is 16.7. The number of carboxylic acid groups (broad SMARTS) is 1. The van der Waals surface area contributed by atoms with Crippen LogP contribution in [-0.4, -0.2) is 48.0 Å². The SMILES string of the molecule is CCCC(=O)Oc1ccc(C[C@](NC(C)CC)(OC(=O)OC)C(=O)O)cc1OC(=O)CCC. The molecule has 0 bridgehead atoms. The first-order valence-electron chi connectivity index (χ1n) is 10.9. The number of aliphatic carboxylic acids is 1. The second-order valence-corrected chi connectivity index (χ2v) is 7.55. The van der Waals surface area contributed by atoms with E-state index >= 15 is 0 Å². The minimum Gasteiger partial charge on any atom is -0.477 e. The molecule has 1 rings (SSSR count). The predicted octanol–water partition coefficient (Wildman–Crippen LogP) is 3.59. The van der Waals surface area contributed by atoms with Gasteiger partial charge in [-0.25, -0.2) is 9.59 Å². The summed E-state index contributed by atoms with van der Waals surface area (Å²) in [4.78, 5) is 48.1. The maximum Gasteiger partial charge on any atom is 0.510 e. The van der Waals surface area contributed by atoms with Crippen LogP contribution in [0.5, 0.6) is 11.5 Å². The fourth-order valence-electron chi connectivity index (χ4n) is 2.85. The van der Waals surface area contributed by atoms with Crippen molar-refractivity contribution in [2.45, 2.75) is 78.0 Å². The third-order valence-corrected chi connectivity index (χ3v) is 4.68. The van der Waals surface area contributed by atoms with Crippen molar-refractivity contribution in [1.29, 1.82) is 0 Å². The highest BCUT2D eigenvalue weighted by Gasteiger charge is 2.44. The van der Waals surface area contributed by atoms with Crippen molar-refractivity contribution in [3.8, 4) is 11.5 Å². The van der Waals surface area contributed by atoms with E-state index in [4.69, 9.17) is 14.2 Å². The van der Waals surface area contributed by atoms with Crippen molar-refractivity contribution in [2.24, 2.45) is 0 Å². The average molecular weight is 468 g/mol. The van der Waals surface area contributed by atoms with E-state index in [1.165, 1.54) is 18.2 Å². The van der Waals surface area contributed by atoms with Crippen molar-refractivity contribution in [2.75, 3.05) is 7.11 Å². The molecule has 0 saturated carbocycles. The zero-order valence-corrected chi connectivity index (χ0v) is 19.8. The molecule has 1 unspecified atom stereocenters. The Balaban J connectivity index is 3.40. The number of hydrogen-bond donors (Lipinski definition) is 2. The minimum absolute atomic E-state index is 0.0312. The van der Waals surface area contributed by atoms with Gasteiger partial charge >= 0.3 is 24.1 Å². The van der Waals surface area contributed by atoms with Crippen LogP contribution in [0.25, 0.3) is 0 Å². The Hall–Kier alpha value is -3.14. The van der Waals surface area contributed by atoms with Crippen molar-refractivity contribution < 1.29 is 43.2 Å². The van der Waals surface area contributed by atoms with E-state index in [1.807, 2.05) is 20.8 Å². The quantitative estimate of drug-likeness (QED) is 0.251. The number of ether oxygens (including phenoxy) is 4. The molecule has 10 heteroatoms. The monoisotopic (exact) mass is 467 g/mol. The Kier molecular flexibility index (Phi) is 11.3. The molecule has 0 aromatic heterocycles. The summed E-state index contributed by atoms with van der Waals surface area (Å²) in [5.41, 5.74) is -1.79. The summed E-state index contributed by atoms with van der Waals surface area (Å²) in [6, 6.07) is 3.98. The lowest BCUT2D eigenvalue weighted by molar-refractivity contribution is -0.166. The summed E-state index contributed by atoms with van der Waals surface area (Å²) >= 11 is 0. The number of esters is 2. The van der Waals surface area contributed by atoms with Crippen molar-refractivity contribution in [3.63, 3.8) is 0 Å². The molecule has 10 nitrogen and oxygen atoms in total. The standard InChI is InChI=1S/C23H33NO9/c1-6-9-19(25)31-17-12-11-16(13-18(17)32-20(26)10-7-2)14-23(21(27)28,24-15(4)8-3)33-22(29)30-5/h11-13,15,24H,6-10,14H2,1-5H3,(H,27,28)/t15?,23-/m0/s1. The van der Waals surface area contributed by atoms with Crippen LogP contribution >= 0.6 is 0 Å². The summed E-state index contributed by atoms with van der Waals surface area (Å²) in [5.74, 6) is -2.46. The third-order valence-electron chi connectivity index (χ3n) is 4.68. The van der Waals surface area contributed by atoms with Gasteiger partial charge in [0.15, 0.2) is 11.5 Å². The molecule has 1 aromatic carbocycles. The highest BCUT2D eigenvalue weighted by molar-refractivity contribution is 5.81. The van der Waals surface area contributed by atoms with Crippen LogP contribution in [0.1, 0.15) is 65.4 Å². The van der Waals surface area contributed by atoms with Crippen LogP contribution in [0.2, 0.25) is 0 Å². The van der Waals surface area contributed by atoms with E-state index in [0.717, 1.165) is 7.11 Å². The van der Waals surface area contributed by atoms with E-state index in [-0.39, 0.29) is 36.8 Å². The van der Waals surface area contributed by atoms with Gasteiger partial charge in [-0.15, -0.1) is 0 Å². The molecule has 0 spiro atoms. The lowest BCUT2D eigenvalue weighted by Crippen LogP contribution is -2.59. The van der Waals surface area contributed by atoms with Gasteiger partial charge in [0.25, 0.3) is 5.72 Å². The van der Waals surface area contributed by atoms with Crippen LogP contribution in [0, 0.1) is 0 Å². The fraction of sp³-hybridized carbons (Fsp3) is 0.565. The first-order chi connectivity index (χ1) is 15.6. The van der Waals surface area contributed by atoms with Gasteiger partial charge in [0.05, 0.1) is 7.11 Å². The number of benzene rings is 1. The maximum atomic E-state index is 12.2. The van der Waals surface area contributed by atoms with E-state index in [0.29, 0.717) is 24.8 Å². The molecule has 33 heavy (non-hydrogen) atoms. The molecular formula is C23H33NO9. The first kappa shape index (κ1) is 27.9. The van der Waals surface area contributed by atoms with E-state index < -0.39 is 29.8 Å². The Morgan fingerprint density at radius 3 is 2.06 bits per heavy atom. The van der Waals surface area contributed by atoms with E-state index in [2.05, 4.69) is 10.1 Å². The number of methoxy groups -OCH3 is 1. The Labute approximate surface area is 193 Å². The third kappa shape index (κ3) is 8.72. The van der Waals surface area contributed by atoms with Gasteiger partial charge in [-0.2, -0.15) is 0 Å². The van der Waals surface area contributed by atoms with Gasteiger partial charge in [0, 0.05) is 25.3 Å². The lowest BCUT2D eigenvalue weighted by atomic mass is 10.00. The molecular weight excluding hydrogens is 434 g/mol. The van der Waals surface area contributed by atoms with Gasteiger partial charge in [-0.3, -0.25) is 14.9 Å². The number of carbonyl (C=O) groups excluding carboxylic acids is 3. The number of nitrogens with one attached hydrogen (secondary N) is 1. The molecule has 184 valence electrons. The summed E-state index contributed by atoms with van der Waals surface area (Å²) in [5, 5.41) is 12.8. The molecule has 2 N–H and O–H groups in total. The Morgan fingerprint density at radius 2 is 1.58 bits per heavy atom. The van der Waals surface area contributed by atoms with Gasteiger partial charge in [0.2, 0.25) is 0 Å². The molecule has 2 atom stereocenters. The lowest BCUT2D eigenvalue weighted by Gasteiger charge is -2.32. The average Bonchev–Trinajstić information content (AvgIpc) is 2.75. The molecule has 0 aliphatic heterocycles. The topological polar surface area (TPSA) is 137 Å². The van der Waals surface area contributed by atoms with Gasteiger partial charge in [-0.05, 0) is 43.9 Å². The second kappa shape index (κ2) is 13.4. The fourth-order valence-corrected chi connectivity index (χ4v) is 2.85. The summed E-state index contributed by atoms with van der Waals surface area (Å²) in [6.07, 6.45) is 0.527.